The molecule has 1 fully saturated rings. The van der Waals surface area contributed by atoms with Crippen LogP contribution in [0.5, 0.6) is 11.5 Å². The number of hydrogen-bond donors (Lipinski definition) is 1. The third kappa shape index (κ3) is 3.63. The molecule has 1 aliphatic rings. The summed E-state index contributed by atoms with van der Waals surface area (Å²) in [5, 5.41) is 3.12. The summed E-state index contributed by atoms with van der Waals surface area (Å²) in [5.41, 5.74) is 1.21. The lowest BCUT2D eigenvalue weighted by atomic mass is 10.2. The molecule has 94 valence electrons. The van der Waals surface area contributed by atoms with Gasteiger partial charge in [0.25, 0.3) is 0 Å². The third-order valence-electron chi connectivity index (χ3n) is 3.09. The molecule has 0 heterocycles. The van der Waals surface area contributed by atoms with Gasteiger partial charge in [-0.1, -0.05) is 18.9 Å². The predicted octanol–water partition coefficient (Wildman–Crippen LogP) is 2.59. The Hall–Kier alpha value is -1.22. The van der Waals surface area contributed by atoms with Crippen molar-refractivity contribution in [1.29, 1.82) is 0 Å². The number of hydrogen-bond acceptors (Lipinski definition) is 3. The van der Waals surface area contributed by atoms with Gasteiger partial charge in [0.05, 0.1) is 13.7 Å². The minimum absolute atomic E-state index is 0.798. The molecule has 0 aromatic heterocycles. The Morgan fingerprint density at radius 1 is 1.29 bits per heavy atom. The van der Waals surface area contributed by atoms with Crippen molar-refractivity contribution in [2.75, 3.05) is 20.8 Å². The highest BCUT2D eigenvalue weighted by Crippen LogP contribution is 2.33. The van der Waals surface area contributed by atoms with Gasteiger partial charge >= 0.3 is 0 Å². The fraction of sp³-hybridized carbons (Fsp3) is 0.571. The molecule has 0 unspecified atom stereocenters. The lowest BCUT2D eigenvalue weighted by molar-refractivity contribution is 0.283. The highest BCUT2D eigenvalue weighted by Gasteiger charge is 2.20. The first kappa shape index (κ1) is 12.2. The molecule has 0 bridgehead atoms. The van der Waals surface area contributed by atoms with E-state index in [9.17, 15) is 0 Å². The Bertz CT molecular complexity index is 361. The lowest BCUT2D eigenvalue weighted by Crippen LogP contribution is -2.06. The summed E-state index contributed by atoms with van der Waals surface area (Å²) in [6.07, 6.45) is 3.92. The quantitative estimate of drug-likeness (QED) is 0.788. The van der Waals surface area contributed by atoms with E-state index in [4.69, 9.17) is 9.47 Å². The fourth-order valence-corrected chi connectivity index (χ4v) is 1.89. The summed E-state index contributed by atoms with van der Waals surface area (Å²) >= 11 is 0. The van der Waals surface area contributed by atoms with Crippen LogP contribution in [0.2, 0.25) is 0 Å². The van der Waals surface area contributed by atoms with Gasteiger partial charge in [0.2, 0.25) is 0 Å². The minimum atomic E-state index is 0.798. The van der Waals surface area contributed by atoms with Crippen molar-refractivity contribution in [1.82, 2.24) is 5.32 Å². The Labute approximate surface area is 103 Å². The summed E-state index contributed by atoms with van der Waals surface area (Å²) in [6, 6.07) is 6.10. The molecular weight excluding hydrogens is 214 g/mol. The molecule has 1 N–H and O–H groups in total. The number of nitrogens with one attached hydrogen (secondary N) is 1. The van der Waals surface area contributed by atoms with Gasteiger partial charge in [-0.3, -0.25) is 0 Å². The van der Waals surface area contributed by atoms with E-state index in [1.54, 1.807) is 7.11 Å². The van der Waals surface area contributed by atoms with Crippen molar-refractivity contribution in [3.63, 3.8) is 0 Å². The van der Waals surface area contributed by atoms with Gasteiger partial charge in [0, 0.05) is 6.54 Å². The molecule has 0 spiro atoms. The Balaban J connectivity index is 1.93. The van der Waals surface area contributed by atoms with E-state index >= 15 is 0 Å². The van der Waals surface area contributed by atoms with Crippen molar-refractivity contribution >= 4 is 0 Å². The molecule has 17 heavy (non-hydrogen) atoms. The molecule has 0 saturated heterocycles. The topological polar surface area (TPSA) is 30.5 Å². The van der Waals surface area contributed by atoms with Crippen molar-refractivity contribution < 1.29 is 9.47 Å². The maximum Gasteiger partial charge on any atom is 0.161 e. The molecule has 1 aromatic rings. The van der Waals surface area contributed by atoms with Gasteiger partial charge in [0.15, 0.2) is 11.5 Å². The smallest absolute Gasteiger partial charge is 0.161 e. The number of methoxy groups -OCH3 is 1. The molecule has 0 aliphatic heterocycles. The normalized spacial score (nSPS) is 14.7. The zero-order chi connectivity index (χ0) is 12.1. The van der Waals surface area contributed by atoms with Crippen LogP contribution in [0.3, 0.4) is 0 Å². The molecule has 2 rings (SSSR count). The second kappa shape index (κ2) is 5.92. The maximum atomic E-state index is 5.77. The van der Waals surface area contributed by atoms with E-state index < -0.39 is 0 Å². The highest BCUT2D eigenvalue weighted by atomic mass is 16.5. The molecule has 3 nitrogen and oxygen atoms in total. The fourth-order valence-electron chi connectivity index (χ4n) is 1.89. The molecule has 0 amide bonds. The average Bonchev–Trinajstić information content (AvgIpc) is 3.15. The average molecular weight is 235 g/mol. The second-order valence-electron chi connectivity index (χ2n) is 4.60. The summed E-state index contributed by atoms with van der Waals surface area (Å²) in [6.45, 7) is 1.64. The van der Waals surface area contributed by atoms with Crippen LogP contribution in [0.1, 0.15) is 24.8 Å². The van der Waals surface area contributed by atoms with Crippen LogP contribution < -0.4 is 14.8 Å². The van der Waals surface area contributed by atoms with E-state index in [1.165, 1.54) is 24.8 Å². The van der Waals surface area contributed by atoms with Gasteiger partial charge in [-0.25, -0.2) is 0 Å². The van der Waals surface area contributed by atoms with Crippen LogP contribution in [0.4, 0.5) is 0 Å². The molecule has 0 radical (unpaired) electrons. The Morgan fingerprint density at radius 3 is 2.76 bits per heavy atom. The molecule has 1 aromatic carbocycles. The van der Waals surface area contributed by atoms with Crippen LogP contribution in [0.15, 0.2) is 18.2 Å². The van der Waals surface area contributed by atoms with Crippen LogP contribution in [-0.4, -0.2) is 20.8 Å². The van der Waals surface area contributed by atoms with Crippen LogP contribution in [0.25, 0.3) is 0 Å². The zero-order valence-electron chi connectivity index (χ0n) is 10.7. The molecule has 1 aliphatic carbocycles. The molecule has 3 heteroatoms. The lowest BCUT2D eigenvalue weighted by Gasteiger charge is -2.12. The zero-order valence-corrected chi connectivity index (χ0v) is 10.7. The first-order valence-electron chi connectivity index (χ1n) is 6.28. The van der Waals surface area contributed by atoms with Crippen molar-refractivity contribution in [2.24, 2.45) is 5.92 Å². The predicted molar refractivity (Wildman–Crippen MR) is 68.6 cm³/mol. The molecule has 1 saturated carbocycles. The second-order valence-corrected chi connectivity index (χ2v) is 4.60. The monoisotopic (exact) mass is 235 g/mol. The largest absolute Gasteiger partial charge is 0.493 e. The van der Waals surface area contributed by atoms with Crippen LogP contribution in [0, 0.1) is 5.92 Å². The van der Waals surface area contributed by atoms with E-state index in [0.717, 1.165) is 30.6 Å². The standard InChI is InChI=1S/C14H21NO2/c1-15-10-12-5-6-13(14(9-12)16-2)17-8-7-11-3-4-11/h5-6,9,11,15H,3-4,7-8,10H2,1-2H3. The van der Waals surface area contributed by atoms with E-state index in [-0.39, 0.29) is 0 Å². The van der Waals surface area contributed by atoms with Gasteiger partial charge in [-0.15, -0.1) is 0 Å². The number of benzene rings is 1. The Morgan fingerprint density at radius 2 is 2.12 bits per heavy atom. The van der Waals surface area contributed by atoms with E-state index in [2.05, 4.69) is 11.4 Å². The number of rotatable bonds is 7. The summed E-state index contributed by atoms with van der Waals surface area (Å²) < 4.78 is 11.1. The first-order valence-corrected chi connectivity index (χ1v) is 6.28. The molecule has 0 atom stereocenters. The van der Waals surface area contributed by atoms with Gasteiger partial charge < -0.3 is 14.8 Å². The van der Waals surface area contributed by atoms with Crippen molar-refractivity contribution in [3.05, 3.63) is 23.8 Å². The SMILES string of the molecule is CNCc1ccc(OCCC2CC2)c(OC)c1. The third-order valence-corrected chi connectivity index (χ3v) is 3.09. The van der Waals surface area contributed by atoms with Crippen molar-refractivity contribution in [2.45, 2.75) is 25.8 Å². The Kier molecular flexibility index (Phi) is 4.26. The number of ether oxygens (including phenoxy) is 2. The van der Waals surface area contributed by atoms with Crippen LogP contribution in [-0.2, 0) is 6.54 Å². The first-order chi connectivity index (χ1) is 8.33. The minimum Gasteiger partial charge on any atom is -0.493 e. The summed E-state index contributed by atoms with van der Waals surface area (Å²) in [5.74, 6) is 2.59. The van der Waals surface area contributed by atoms with Crippen molar-refractivity contribution in [3.8, 4) is 11.5 Å². The van der Waals surface area contributed by atoms with Gasteiger partial charge in [0.1, 0.15) is 0 Å². The highest BCUT2D eigenvalue weighted by molar-refractivity contribution is 5.42. The van der Waals surface area contributed by atoms with Crippen LogP contribution >= 0.6 is 0 Å². The maximum absolute atomic E-state index is 5.77. The summed E-state index contributed by atoms with van der Waals surface area (Å²) in [4.78, 5) is 0. The van der Waals surface area contributed by atoms with E-state index in [1.807, 2.05) is 19.2 Å². The van der Waals surface area contributed by atoms with Gasteiger partial charge in [-0.05, 0) is 37.1 Å². The summed E-state index contributed by atoms with van der Waals surface area (Å²) in [7, 11) is 3.62. The van der Waals surface area contributed by atoms with Gasteiger partial charge in [-0.2, -0.15) is 0 Å². The molecular formula is C14H21NO2. The van der Waals surface area contributed by atoms with E-state index in [0.29, 0.717) is 0 Å².